The van der Waals surface area contributed by atoms with Crippen molar-refractivity contribution in [2.45, 2.75) is 18.7 Å². The number of rotatable bonds is 3. The third-order valence-electron chi connectivity index (χ3n) is 2.77. The van der Waals surface area contributed by atoms with Crippen molar-refractivity contribution in [3.63, 3.8) is 0 Å². The number of anilines is 1. The van der Waals surface area contributed by atoms with Crippen LogP contribution in [-0.2, 0) is 10.0 Å². The molecule has 0 spiro atoms. The van der Waals surface area contributed by atoms with Crippen LogP contribution < -0.4 is 4.72 Å². The summed E-state index contributed by atoms with van der Waals surface area (Å²) >= 11 is 0. The molecular formula is C14H15NO2S. The van der Waals surface area contributed by atoms with Gasteiger partial charge in [-0.2, -0.15) is 0 Å². The summed E-state index contributed by atoms with van der Waals surface area (Å²) in [5, 5.41) is 0. The highest BCUT2D eigenvalue weighted by molar-refractivity contribution is 7.92. The molecule has 0 saturated carbocycles. The first kappa shape index (κ1) is 12.6. The van der Waals surface area contributed by atoms with Crippen molar-refractivity contribution in [2.75, 3.05) is 4.72 Å². The molecule has 0 saturated heterocycles. The number of nitrogens with one attached hydrogen (secondary N) is 1. The van der Waals surface area contributed by atoms with Crippen LogP contribution in [0.15, 0.2) is 53.4 Å². The third kappa shape index (κ3) is 2.54. The van der Waals surface area contributed by atoms with Crippen LogP contribution in [0.2, 0.25) is 0 Å². The van der Waals surface area contributed by atoms with Crippen LogP contribution in [0.25, 0.3) is 0 Å². The molecule has 0 bridgehead atoms. The maximum atomic E-state index is 12.2. The van der Waals surface area contributed by atoms with E-state index in [9.17, 15) is 8.42 Å². The summed E-state index contributed by atoms with van der Waals surface area (Å²) in [5.41, 5.74) is 2.48. The molecule has 0 amide bonds. The van der Waals surface area contributed by atoms with Crippen LogP contribution in [0.5, 0.6) is 0 Å². The summed E-state index contributed by atoms with van der Waals surface area (Å²) in [6.07, 6.45) is 0. The van der Waals surface area contributed by atoms with Gasteiger partial charge in [-0.15, -0.1) is 0 Å². The predicted octanol–water partition coefficient (Wildman–Crippen LogP) is 3.10. The average molecular weight is 261 g/mol. The first-order valence-corrected chi connectivity index (χ1v) is 7.13. The van der Waals surface area contributed by atoms with E-state index < -0.39 is 10.0 Å². The van der Waals surface area contributed by atoms with Crippen molar-refractivity contribution in [1.29, 1.82) is 0 Å². The van der Waals surface area contributed by atoms with Gasteiger partial charge in [-0.1, -0.05) is 36.4 Å². The zero-order valence-corrected chi connectivity index (χ0v) is 11.2. The van der Waals surface area contributed by atoms with Crippen LogP contribution in [0.3, 0.4) is 0 Å². The molecular weight excluding hydrogens is 246 g/mol. The molecule has 0 unspecified atom stereocenters. The summed E-state index contributed by atoms with van der Waals surface area (Å²) in [6, 6.07) is 14.0. The molecule has 0 atom stereocenters. The summed E-state index contributed by atoms with van der Waals surface area (Å²) in [6.45, 7) is 3.77. The van der Waals surface area contributed by atoms with Gasteiger partial charge in [0, 0.05) is 0 Å². The molecule has 0 aliphatic carbocycles. The van der Waals surface area contributed by atoms with Crippen LogP contribution >= 0.6 is 0 Å². The summed E-state index contributed by atoms with van der Waals surface area (Å²) in [7, 11) is -3.51. The van der Waals surface area contributed by atoms with Crippen molar-refractivity contribution in [2.24, 2.45) is 0 Å². The van der Waals surface area contributed by atoms with E-state index in [1.165, 1.54) is 0 Å². The molecule has 94 valence electrons. The number of sulfonamides is 1. The monoisotopic (exact) mass is 261 g/mol. The number of para-hydroxylation sites is 1. The molecule has 2 rings (SSSR count). The molecule has 0 heterocycles. The average Bonchev–Trinajstić information content (AvgIpc) is 2.35. The fourth-order valence-corrected chi connectivity index (χ4v) is 2.99. The van der Waals surface area contributed by atoms with Gasteiger partial charge in [0.2, 0.25) is 0 Å². The topological polar surface area (TPSA) is 46.2 Å². The highest BCUT2D eigenvalue weighted by Crippen LogP contribution is 2.23. The maximum Gasteiger partial charge on any atom is 0.261 e. The van der Waals surface area contributed by atoms with Crippen LogP contribution in [0, 0.1) is 13.8 Å². The highest BCUT2D eigenvalue weighted by atomic mass is 32.2. The van der Waals surface area contributed by atoms with E-state index in [1.807, 2.05) is 32.0 Å². The lowest BCUT2D eigenvalue weighted by Gasteiger charge is -2.13. The summed E-state index contributed by atoms with van der Waals surface area (Å²) in [5.74, 6) is 0. The Morgan fingerprint density at radius 2 is 1.39 bits per heavy atom. The predicted molar refractivity (Wildman–Crippen MR) is 73.2 cm³/mol. The number of aryl methyl sites for hydroxylation is 2. The second-order valence-electron chi connectivity index (χ2n) is 4.19. The summed E-state index contributed by atoms with van der Waals surface area (Å²) < 4.78 is 27.0. The second-order valence-corrected chi connectivity index (χ2v) is 5.87. The van der Waals surface area contributed by atoms with Crippen molar-refractivity contribution >= 4 is 15.7 Å². The van der Waals surface area contributed by atoms with Gasteiger partial charge in [-0.05, 0) is 37.1 Å². The van der Waals surface area contributed by atoms with Gasteiger partial charge in [0.05, 0.1) is 10.6 Å². The Bertz CT molecular complexity index is 628. The third-order valence-corrected chi connectivity index (χ3v) is 4.14. The largest absolute Gasteiger partial charge is 0.279 e. The number of benzene rings is 2. The number of hydrogen-bond acceptors (Lipinski definition) is 2. The zero-order valence-electron chi connectivity index (χ0n) is 10.3. The molecule has 2 aromatic rings. The Balaban J connectivity index is 2.41. The Kier molecular flexibility index (Phi) is 3.39. The molecule has 0 radical (unpaired) electrons. The molecule has 1 N–H and O–H groups in total. The van der Waals surface area contributed by atoms with Gasteiger partial charge in [0.15, 0.2) is 0 Å². The Hall–Kier alpha value is -1.81. The van der Waals surface area contributed by atoms with E-state index in [1.54, 1.807) is 30.3 Å². The first-order valence-electron chi connectivity index (χ1n) is 5.65. The minimum Gasteiger partial charge on any atom is -0.279 e. The quantitative estimate of drug-likeness (QED) is 0.922. The molecule has 18 heavy (non-hydrogen) atoms. The Labute approximate surface area is 108 Å². The van der Waals surface area contributed by atoms with Crippen LogP contribution in [0.1, 0.15) is 11.1 Å². The van der Waals surface area contributed by atoms with Gasteiger partial charge < -0.3 is 0 Å². The first-order chi connectivity index (χ1) is 8.50. The minimum absolute atomic E-state index is 0.271. The normalized spacial score (nSPS) is 11.2. The van der Waals surface area contributed by atoms with E-state index in [4.69, 9.17) is 0 Å². The van der Waals surface area contributed by atoms with Gasteiger partial charge in [0.25, 0.3) is 10.0 Å². The lowest BCUT2D eigenvalue weighted by molar-refractivity contribution is 0.601. The van der Waals surface area contributed by atoms with Crippen LogP contribution in [0.4, 0.5) is 5.69 Å². The molecule has 3 nitrogen and oxygen atoms in total. The van der Waals surface area contributed by atoms with Crippen molar-refractivity contribution in [1.82, 2.24) is 0 Å². The molecule has 0 aromatic heterocycles. The fraction of sp³-hybridized carbons (Fsp3) is 0.143. The molecule has 0 fully saturated rings. The van der Waals surface area contributed by atoms with E-state index in [0.717, 1.165) is 11.1 Å². The van der Waals surface area contributed by atoms with E-state index in [2.05, 4.69) is 4.72 Å². The molecule has 0 aliphatic rings. The Morgan fingerprint density at radius 1 is 0.833 bits per heavy atom. The Morgan fingerprint density at radius 3 is 1.94 bits per heavy atom. The van der Waals surface area contributed by atoms with Gasteiger partial charge in [-0.25, -0.2) is 8.42 Å². The number of hydrogen-bond donors (Lipinski definition) is 1. The second kappa shape index (κ2) is 4.82. The van der Waals surface area contributed by atoms with E-state index in [-0.39, 0.29) is 4.90 Å². The van der Waals surface area contributed by atoms with Gasteiger partial charge in [-0.3, -0.25) is 4.72 Å². The fourth-order valence-electron chi connectivity index (χ4n) is 1.77. The van der Waals surface area contributed by atoms with Gasteiger partial charge >= 0.3 is 0 Å². The zero-order chi connectivity index (χ0) is 13.2. The SMILES string of the molecule is Cc1cccc(C)c1NS(=O)(=O)c1ccccc1. The standard InChI is InChI=1S/C14H15NO2S/c1-11-7-6-8-12(2)14(11)15-18(16,17)13-9-4-3-5-10-13/h3-10,15H,1-2H3. The smallest absolute Gasteiger partial charge is 0.261 e. The van der Waals surface area contributed by atoms with Crippen molar-refractivity contribution < 1.29 is 8.42 Å². The van der Waals surface area contributed by atoms with Crippen molar-refractivity contribution in [3.8, 4) is 0 Å². The highest BCUT2D eigenvalue weighted by Gasteiger charge is 2.15. The van der Waals surface area contributed by atoms with E-state index >= 15 is 0 Å². The van der Waals surface area contributed by atoms with Crippen molar-refractivity contribution in [3.05, 3.63) is 59.7 Å². The lowest BCUT2D eigenvalue weighted by Crippen LogP contribution is -2.14. The molecule has 4 heteroatoms. The van der Waals surface area contributed by atoms with Crippen LogP contribution in [-0.4, -0.2) is 8.42 Å². The molecule has 0 aliphatic heterocycles. The van der Waals surface area contributed by atoms with Gasteiger partial charge in [0.1, 0.15) is 0 Å². The minimum atomic E-state index is -3.51. The van der Waals surface area contributed by atoms with E-state index in [0.29, 0.717) is 5.69 Å². The maximum absolute atomic E-state index is 12.2. The lowest BCUT2D eigenvalue weighted by atomic mass is 10.1. The molecule has 2 aromatic carbocycles. The summed E-state index contributed by atoms with van der Waals surface area (Å²) in [4.78, 5) is 0.271.